The minimum Gasteiger partial charge on any atom is -0.478 e. The van der Waals surface area contributed by atoms with Crippen LogP contribution in [-0.2, 0) is 6.54 Å². The Bertz CT molecular complexity index is 616. The van der Waals surface area contributed by atoms with E-state index < -0.39 is 5.97 Å². The molecule has 0 aliphatic rings. The van der Waals surface area contributed by atoms with Crippen LogP contribution in [0.2, 0.25) is 5.02 Å². The van der Waals surface area contributed by atoms with Crippen molar-refractivity contribution >= 4 is 23.3 Å². The maximum absolute atomic E-state index is 13.0. The van der Waals surface area contributed by atoms with Crippen molar-refractivity contribution in [2.24, 2.45) is 0 Å². The van der Waals surface area contributed by atoms with Crippen LogP contribution in [0.4, 0.5) is 10.1 Å². The third-order valence-electron chi connectivity index (χ3n) is 2.59. The summed E-state index contributed by atoms with van der Waals surface area (Å²) in [6.45, 7) is 0.431. The Morgan fingerprint density at radius 2 is 2.05 bits per heavy atom. The molecular weight excluding hydrogens is 269 g/mol. The van der Waals surface area contributed by atoms with E-state index in [1.807, 2.05) is 0 Å². The number of hydrogen-bond acceptors (Lipinski definition) is 2. The SMILES string of the molecule is O=C(O)c1ccc(NCc2cccc(F)c2)cc1Cl. The number of aromatic carboxylic acids is 1. The molecule has 2 aromatic carbocycles. The second kappa shape index (κ2) is 5.71. The van der Waals surface area contributed by atoms with E-state index in [-0.39, 0.29) is 16.4 Å². The van der Waals surface area contributed by atoms with E-state index in [4.69, 9.17) is 16.7 Å². The Morgan fingerprint density at radius 1 is 1.26 bits per heavy atom. The molecule has 0 aliphatic carbocycles. The zero-order valence-corrected chi connectivity index (χ0v) is 10.6. The number of carboxylic acids is 1. The van der Waals surface area contributed by atoms with Crippen molar-refractivity contribution in [3.05, 3.63) is 64.4 Å². The monoisotopic (exact) mass is 279 g/mol. The van der Waals surface area contributed by atoms with E-state index in [0.29, 0.717) is 12.2 Å². The fourth-order valence-electron chi connectivity index (χ4n) is 1.65. The highest BCUT2D eigenvalue weighted by Crippen LogP contribution is 2.21. The van der Waals surface area contributed by atoms with Gasteiger partial charge in [0.25, 0.3) is 0 Å². The molecule has 0 amide bonds. The summed E-state index contributed by atoms with van der Waals surface area (Å²) in [5, 5.41) is 12.1. The fourth-order valence-corrected chi connectivity index (χ4v) is 1.91. The first-order valence-electron chi connectivity index (χ1n) is 5.57. The Kier molecular flexibility index (Phi) is 4.02. The molecule has 0 saturated carbocycles. The quantitative estimate of drug-likeness (QED) is 0.895. The number of carbonyl (C=O) groups is 1. The topological polar surface area (TPSA) is 49.3 Å². The van der Waals surface area contributed by atoms with Crippen molar-refractivity contribution in [3.8, 4) is 0 Å². The van der Waals surface area contributed by atoms with Gasteiger partial charge < -0.3 is 10.4 Å². The van der Waals surface area contributed by atoms with Crippen LogP contribution in [0, 0.1) is 5.82 Å². The standard InChI is InChI=1S/C14H11ClFNO2/c15-13-7-11(4-5-12(13)14(18)19)17-8-9-2-1-3-10(16)6-9/h1-7,17H,8H2,(H,18,19). The van der Waals surface area contributed by atoms with Crippen molar-refractivity contribution in [1.29, 1.82) is 0 Å². The molecule has 2 aromatic rings. The Balaban J connectivity index is 2.08. The first kappa shape index (κ1) is 13.4. The highest BCUT2D eigenvalue weighted by molar-refractivity contribution is 6.33. The summed E-state index contributed by atoms with van der Waals surface area (Å²) in [5.74, 6) is -1.36. The molecular formula is C14H11ClFNO2. The van der Waals surface area contributed by atoms with Gasteiger partial charge in [-0.2, -0.15) is 0 Å². The Hall–Kier alpha value is -2.07. The van der Waals surface area contributed by atoms with Gasteiger partial charge in [-0.25, -0.2) is 9.18 Å². The average Bonchev–Trinajstić information content (AvgIpc) is 2.36. The first-order valence-corrected chi connectivity index (χ1v) is 5.95. The van der Waals surface area contributed by atoms with Gasteiger partial charge >= 0.3 is 5.97 Å². The third-order valence-corrected chi connectivity index (χ3v) is 2.90. The molecule has 0 radical (unpaired) electrons. The first-order chi connectivity index (χ1) is 9.06. The maximum atomic E-state index is 13.0. The minimum atomic E-state index is -1.07. The number of halogens is 2. The second-order valence-corrected chi connectivity index (χ2v) is 4.39. The van der Waals surface area contributed by atoms with Gasteiger partial charge in [-0.15, -0.1) is 0 Å². The zero-order chi connectivity index (χ0) is 13.8. The van der Waals surface area contributed by atoms with E-state index in [9.17, 15) is 9.18 Å². The lowest BCUT2D eigenvalue weighted by Crippen LogP contribution is -2.02. The van der Waals surface area contributed by atoms with Gasteiger partial charge in [-0.1, -0.05) is 23.7 Å². The number of nitrogens with one attached hydrogen (secondary N) is 1. The smallest absolute Gasteiger partial charge is 0.337 e. The molecule has 19 heavy (non-hydrogen) atoms. The lowest BCUT2D eigenvalue weighted by atomic mass is 10.2. The molecule has 0 aliphatic heterocycles. The van der Waals surface area contributed by atoms with Gasteiger partial charge in [-0.3, -0.25) is 0 Å². The molecule has 5 heteroatoms. The summed E-state index contributed by atoms with van der Waals surface area (Å²) in [6, 6.07) is 10.8. The van der Waals surface area contributed by atoms with Crippen molar-refractivity contribution in [2.45, 2.75) is 6.54 Å². The minimum absolute atomic E-state index is 0.0537. The molecule has 2 N–H and O–H groups in total. The fraction of sp³-hybridized carbons (Fsp3) is 0.0714. The predicted octanol–water partition coefficient (Wildman–Crippen LogP) is 3.79. The number of rotatable bonds is 4. The molecule has 98 valence electrons. The number of hydrogen-bond donors (Lipinski definition) is 2. The maximum Gasteiger partial charge on any atom is 0.337 e. The van der Waals surface area contributed by atoms with Crippen LogP contribution in [0.3, 0.4) is 0 Å². The summed E-state index contributed by atoms with van der Waals surface area (Å²) in [5.41, 5.74) is 1.52. The number of anilines is 1. The van der Waals surface area contributed by atoms with Crippen LogP contribution < -0.4 is 5.32 Å². The largest absolute Gasteiger partial charge is 0.478 e. The highest BCUT2D eigenvalue weighted by atomic mass is 35.5. The van der Waals surface area contributed by atoms with Gasteiger partial charge in [-0.05, 0) is 35.9 Å². The third kappa shape index (κ3) is 3.45. The van der Waals surface area contributed by atoms with E-state index in [1.54, 1.807) is 18.2 Å². The van der Waals surface area contributed by atoms with Crippen molar-refractivity contribution < 1.29 is 14.3 Å². The molecule has 0 bridgehead atoms. The van der Waals surface area contributed by atoms with Crippen LogP contribution in [0.15, 0.2) is 42.5 Å². The average molecular weight is 280 g/mol. The van der Waals surface area contributed by atoms with Gasteiger partial charge in [0.15, 0.2) is 0 Å². The highest BCUT2D eigenvalue weighted by Gasteiger charge is 2.08. The Morgan fingerprint density at radius 3 is 2.68 bits per heavy atom. The van der Waals surface area contributed by atoms with Crippen LogP contribution in [0.5, 0.6) is 0 Å². The second-order valence-electron chi connectivity index (χ2n) is 3.98. The molecule has 0 spiro atoms. The summed E-state index contributed by atoms with van der Waals surface area (Å²) in [6.07, 6.45) is 0. The van der Waals surface area contributed by atoms with E-state index >= 15 is 0 Å². The summed E-state index contributed by atoms with van der Waals surface area (Å²) in [4.78, 5) is 10.8. The van der Waals surface area contributed by atoms with E-state index in [2.05, 4.69) is 5.32 Å². The van der Waals surface area contributed by atoms with Crippen LogP contribution in [0.1, 0.15) is 15.9 Å². The van der Waals surface area contributed by atoms with Crippen molar-refractivity contribution in [2.75, 3.05) is 5.32 Å². The van der Waals surface area contributed by atoms with E-state index in [1.165, 1.54) is 24.3 Å². The Labute approximate surface area is 114 Å². The molecule has 0 fully saturated rings. The predicted molar refractivity (Wildman–Crippen MR) is 72.1 cm³/mol. The molecule has 3 nitrogen and oxygen atoms in total. The summed E-state index contributed by atoms with van der Waals surface area (Å²) >= 11 is 5.85. The lowest BCUT2D eigenvalue weighted by molar-refractivity contribution is 0.0697. The number of benzene rings is 2. The molecule has 0 atom stereocenters. The van der Waals surface area contributed by atoms with Crippen LogP contribution in [-0.4, -0.2) is 11.1 Å². The van der Waals surface area contributed by atoms with Crippen LogP contribution >= 0.6 is 11.6 Å². The van der Waals surface area contributed by atoms with Gasteiger partial charge in [0, 0.05) is 12.2 Å². The van der Waals surface area contributed by atoms with Gasteiger partial charge in [0.2, 0.25) is 0 Å². The molecule has 2 rings (SSSR count). The molecule has 0 aromatic heterocycles. The normalized spacial score (nSPS) is 10.2. The lowest BCUT2D eigenvalue weighted by Gasteiger charge is -2.08. The van der Waals surface area contributed by atoms with Gasteiger partial charge in [0.05, 0.1) is 10.6 Å². The molecule has 0 saturated heterocycles. The van der Waals surface area contributed by atoms with Crippen molar-refractivity contribution in [3.63, 3.8) is 0 Å². The van der Waals surface area contributed by atoms with Gasteiger partial charge in [0.1, 0.15) is 5.82 Å². The number of carboxylic acid groups (broad SMARTS) is 1. The van der Waals surface area contributed by atoms with Crippen molar-refractivity contribution in [1.82, 2.24) is 0 Å². The van der Waals surface area contributed by atoms with E-state index in [0.717, 1.165) is 5.56 Å². The summed E-state index contributed by atoms with van der Waals surface area (Å²) in [7, 11) is 0. The molecule has 0 unspecified atom stereocenters. The molecule has 0 heterocycles. The van der Waals surface area contributed by atoms with Crippen LogP contribution in [0.25, 0.3) is 0 Å². The summed E-state index contributed by atoms with van der Waals surface area (Å²) < 4.78 is 13.0. The zero-order valence-electron chi connectivity index (χ0n) is 9.86.